The van der Waals surface area contributed by atoms with Gasteiger partial charge in [-0.1, -0.05) is 11.6 Å². The van der Waals surface area contributed by atoms with Gasteiger partial charge < -0.3 is 19.8 Å². The molecule has 2 amide bonds. The van der Waals surface area contributed by atoms with Gasteiger partial charge in [-0.25, -0.2) is 4.98 Å². The summed E-state index contributed by atoms with van der Waals surface area (Å²) in [7, 11) is 0. The normalized spacial score (nSPS) is 24.4. The Labute approximate surface area is 145 Å². The molecule has 0 spiro atoms. The number of halogens is 1. The van der Waals surface area contributed by atoms with Gasteiger partial charge in [0.05, 0.1) is 11.1 Å². The molecule has 8 heteroatoms. The molecule has 2 atom stereocenters. The van der Waals surface area contributed by atoms with E-state index >= 15 is 0 Å². The minimum Gasteiger partial charge on any atom is -0.391 e. The predicted molar refractivity (Wildman–Crippen MR) is 89.8 cm³/mol. The van der Waals surface area contributed by atoms with Gasteiger partial charge in [-0.3, -0.25) is 9.59 Å². The standard InChI is InChI=1S/C16H21ClN4O3/c1-11(22)21-10-12(23)9-14(21)16(24)20-7-5-19(6-8-20)15-13(17)3-2-4-18-15/h2-4,12,14,23H,5-10H2,1H3/t12-,14-/m1/s1. The zero-order chi connectivity index (χ0) is 17.3. The number of hydrogen-bond donors (Lipinski definition) is 1. The molecule has 0 aliphatic carbocycles. The summed E-state index contributed by atoms with van der Waals surface area (Å²) in [6, 6.07) is 3.03. The van der Waals surface area contributed by atoms with Crippen molar-refractivity contribution >= 4 is 29.2 Å². The van der Waals surface area contributed by atoms with Crippen LogP contribution in [0.25, 0.3) is 0 Å². The number of carbonyl (C=O) groups excluding carboxylic acids is 2. The molecule has 130 valence electrons. The quantitative estimate of drug-likeness (QED) is 0.832. The van der Waals surface area contributed by atoms with Crippen molar-refractivity contribution in [3.05, 3.63) is 23.4 Å². The van der Waals surface area contributed by atoms with Crippen molar-refractivity contribution in [1.82, 2.24) is 14.8 Å². The molecule has 2 aliphatic heterocycles. The molecular formula is C16H21ClN4O3. The third-order valence-electron chi connectivity index (χ3n) is 4.60. The Hall–Kier alpha value is -1.86. The number of hydrogen-bond acceptors (Lipinski definition) is 5. The summed E-state index contributed by atoms with van der Waals surface area (Å²) in [5, 5.41) is 10.4. The first-order valence-corrected chi connectivity index (χ1v) is 8.44. The number of rotatable bonds is 2. The Kier molecular flexibility index (Phi) is 4.91. The maximum Gasteiger partial charge on any atom is 0.245 e. The highest BCUT2D eigenvalue weighted by Crippen LogP contribution is 2.25. The monoisotopic (exact) mass is 352 g/mol. The Morgan fingerprint density at radius 1 is 1.29 bits per heavy atom. The van der Waals surface area contributed by atoms with Crippen LogP contribution in [0.1, 0.15) is 13.3 Å². The third kappa shape index (κ3) is 3.32. The second-order valence-electron chi connectivity index (χ2n) is 6.20. The Bertz CT molecular complexity index is 634. The SMILES string of the molecule is CC(=O)N1C[C@H](O)C[C@@H]1C(=O)N1CCN(c2ncccc2Cl)CC1. The predicted octanol–water partition coefficient (Wildman–Crippen LogP) is 0.365. The molecule has 2 aliphatic rings. The molecule has 3 rings (SSSR count). The number of β-amino-alcohol motifs (C(OH)–C–C–N with tert-alkyl or cyclic N) is 1. The molecule has 0 bridgehead atoms. The molecule has 0 unspecified atom stereocenters. The number of piperazine rings is 1. The van der Waals surface area contributed by atoms with Crippen LogP contribution in [0.4, 0.5) is 5.82 Å². The van der Waals surface area contributed by atoms with E-state index < -0.39 is 12.1 Å². The molecular weight excluding hydrogens is 332 g/mol. The van der Waals surface area contributed by atoms with E-state index in [9.17, 15) is 14.7 Å². The van der Waals surface area contributed by atoms with E-state index in [-0.39, 0.29) is 18.4 Å². The van der Waals surface area contributed by atoms with Crippen LogP contribution in [0.3, 0.4) is 0 Å². The lowest BCUT2D eigenvalue weighted by molar-refractivity contribution is -0.143. The van der Waals surface area contributed by atoms with Crippen LogP contribution in [0.2, 0.25) is 5.02 Å². The maximum atomic E-state index is 12.7. The molecule has 2 saturated heterocycles. The van der Waals surface area contributed by atoms with Gasteiger partial charge in [-0.15, -0.1) is 0 Å². The number of aliphatic hydroxyl groups excluding tert-OH is 1. The highest BCUT2D eigenvalue weighted by molar-refractivity contribution is 6.32. The average molecular weight is 353 g/mol. The molecule has 0 aromatic carbocycles. The summed E-state index contributed by atoms with van der Waals surface area (Å²) in [5.74, 6) is 0.463. The lowest BCUT2D eigenvalue weighted by atomic mass is 10.1. The summed E-state index contributed by atoms with van der Waals surface area (Å²) < 4.78 is 0. The Balaban J connectivity index is 1.63. The molecule has 0 saturated carbocycles. The number of anilines is 1. The van der Waals surface area contributed by atoms with Gasteiger partial charge in [-0.2, -0.15) is 0 Å². The zero-order valence-corrected chi connectivity index (χ0v) is 14.3. The number of pyridine rings is 1. The number of nitrogens with zero attached hydrogens (tertiary/aromatic N) is 4. The van der Waals surface area contributed by atoms with Gasteiger partial charge >= 0.3 is 0 Å². The van der Waals surface area contributed by atoms with Gasteiger partial charge in [0.15, 0.2) is 0 Å². The molecule has 1 aromatic heterocycles. The van der Waals surface area contributed by atoms with Crippen LogP contribution in [0.5, 0.6) is 0 Å². The van der Waals surface area contributed by atoms with Crippen LogP contribution in [0, 0.1) is 0 Å². The third-order valence-corrected chi connectivity index (χ3v) is 4.89. The number of aromatic nitrogens is 1. The van der Waals surface area contributed by atoms with E-state index in [1.807, 2.05) is 0 Å². The van der Waals surface area contributed by atoms with Crippen molar-refractivity contribution in [2.24, 2.45) is 0 Å². The zero-order valence-electron chi connectivity index (χ0n) is 13.6. The number of amides is 2. The van der Waals surface area contributed by atoms with Crippen molar-refractivity contribution in [1.29, 1.82) is 0 Å². The smallest absolute Gasteiger partial charge is 0.245 e. The number of carbonyl (C=O) groups is 2. The van der Waals surface area contributed by atoms with Crippen molar-refractivity contribution in [2.75, 3.05) is 37.6 Å². The van der Waals surface area contributed by atoms with Gasteiger partial charge in [0.1, 0.15) is 11.9 Å². The van der Waals surface area contributed by atoms with Gasteiger partial charge in [-0.05, 0) is 12.1 Å². The Morgan fingerprint density at radius 3 is 2.62 bits per heavy atom. The van der Waals surface area contributed by atoms with Gasteiger partial charge in [0, 0.05) is 52.3 Å². The summed E-state index contributed by atoms with van der Waals surface area (Å²) in [6.45, 7) is 4.03. The first-order valence-electron chi connectivity index (χ1n) is 8.07. The summed E-state index contributed by atoms with van der Waals surface area (Å²) in [5.41, 5.74) is 0. The fourth-order valence-electron chi connectivity index (χ4n) is 3.36. The summed E-state index contributed by atoms with van der Waals surface area (Å²) in [6.07, 6.45) is 1.38. The van der Waals surface area contributed by atoms with Crippen LogP contribution >= 0.6 is 11.6 Å². The molecule has 0 radical (unpaired) electrons. The minimum atomic E-state index is -0.628. The highest BCUT2D eigenvalue weighted by atomic mass is 35.5. The van der Waals surface area contributed by atoms with E-state index in [1.165, 1.54) is 11.8 Å². The van der Waals surface area contributed by atoms with E-state index in [0.29, 0.717) is 37.6 Å². The molecule has 1 N–H and O–H groups in total. The van der Waals surface area contributed by atoms with Crippen molar-refractivity contribution in [3.63, 3.8) is 0 Å². The summed E-state index contributed by atoms with van der Waals surface area (Å²) >= 11 is 6.17. The van der Waals surface area contributed by atoms with E-state index in [4.69, 9.17) is 11.6 Å². The number of likely N-dealkylation sites (tertiary alicyclic amines) is 1. The first kappa shape index (κ1) is 17.0. The van der Waals surface area contributed by atoms with Crippen molar-refractivity contribution in [3.8, 4) is 0 Å². The molecule has 2 fully saturated rings. The largest absolute Gasteiger partial charge is 0.391 e. The molecule has 7 nitrogen and oxygen atoms in total. The fourth-order valence-corrected chi connectivity index (χ4v) is 3.60. The highest BCUT2D eigenvalue weighted by Gasteiger charge is 2.40. The van der Waals surface area contributed by atoms with Crippen LogP contribution < -0.4 is 4.90 Å². The Morgan fingerprint density at radius 2 is 2.00 bits per heavy atom. The molecule has 1 aromatic rings. The van der Waals surface area contributed by atoms with E-state index in [0.717, 1.165) is 5.82 Å². The second-order valence-corrected chi connectivity index (χ2v) is 6.61. The lowest BCUT2D eigenvalue weighted by Gasteiger charge is -2.37. The summed E-state index contributed by atoms with van der Waals surface area (Å²) in [4.78, 5) is 34.0. The number of aliphatic hydroxyl groups is 1. The lowest BCUT2D eigenvalue weighted by Crippen LogP contribution is -2.54. The van der Waals surface area contributed by atoms with E-state index in [2.05, 4.69) is 9.88 Å². The van der Waals surface area contributed by atoms with Crippen molar-refractivity contribution < 1.29 is 14.7 Å². The first-order chi connectivity index (χ1) is 11.5. The topological polar surface area (TPSA) is 77.0 Å². The maximum absolute atomic E-state index is 12.7. The minimum absolute atomic E-state index is 0.0893. The molecule has 3 heterocycles. The van der Waals surface area contributed by atoms with Crippen molar-refractivity contribution in [2.45, 2.75) is 25.5 Å². The van der Waals surface area contributed by atoms with Crippen LogP contribution in [-0.2, 0) is 9.59 Å². The van der Waals surface area contributed by atoms with Crippen LogP contribution in [-0.4, -0.2) is 76.6 Å². The van der Waals surface area contributed by atoms with Gasteiger partial charge in [0.2, 0.25) is 11.8 Å². The fraction of sp³-hybridized carbons (Fsp3) is 0.562. The molecule has 24 heavy (non-hydrogen) atoms. The second kappa shape index (κ2) is 6.94. The van der Waals surface area contributed by atoms with Crippen LogP contribution in [0.15, 0.2) is 18.3 Å². The average Bonchev–Trinajstić information content (AvgIpc) is 2.97. The van der Waals surface area contributed by atoms with Gasteiger partial charge in [0.25, 0.3) is 0 Å². The van der Waals surface area contributed by atoms with E-state index in [1.54, 1.807) is 23.2 Å².